The number of aryl methyl sites for hydroxylation is 1. The maximum Gasteiger partial charge on any atom is 0.252 e. The highest BCUT2D eigenvalue weighted by molar-refractivity contribution is 6.02. The summed E-state index contributed by atoms with van der Waals surface area (Å²) in [7, 11) is 0. The average molecular weight is 484 g/mol. The van der Waals surface area contributed by atoms with Gasteiger partial charge in [-0.05, 0) is 38.3 Å². The van der Waals surface area contributed by atoms with Crippen molar-refractivity contribution in [3.8, 4) is 11.5 Å². The molecule has 1 heterocycles. The third-order valence-corrected chi connectivity index (χ3v) is 5.90. The fourth-order valence-corrected chi connectivity index (χ4v) is 4.04. The third kappa shape index (κ3) is 6.66. The third-order valence-electron chi connectivity index (χ3n) is 5.90. The Labute approximate surface area is 207 Å². The molecule has 1 aliphatic heterocycles. The lowest BCUT2D eigenvalue weighted by Crippen LogP contribution is -2.47. The van der Waals surface area contributed by atoms with Crippen LogP contribution in [0, 0.1) is 12.8 Å². The van der Waals surface area contributed by atoms with Crippen LogP contribution in [-0.4, -0.2) is 57.4 Å². The Morgan fingerprint density at radius 3 is 2.31 bits per heavy atom. The van der Waals surface area contributed by atoms with Gasteiger partial charge in [-0.15, -0.1) is 0 Å². The summed E-state index contributed by atoms with van der Waals surface area (Å²) < 4.78 is 17.3. The molecule has 0 radical (unpaired) electrons. The Bertz CT molecular complexity index is 1020. The molecule has 2 aromatic rings. The van der Waals surface area contributed by atoms with Gasteiger partial charge in [0, 0.05) is 30.8 Å². The van der Waals surface area contributed by atoms with Crippen LogP contribution in [-0.2, 0) is 9.53 Å². The zero-order valence-electron chi connectivity index (χ0n) is 21.3. The molecular formula is C27H37N3O5. The molecule has 2 amide bonds. The van der Waals surface area contributed by atoms with Crippen molar-refractivity contribution < 1.29 is 23.8 Å². The van der Waals surface area contributed by atoms with E-state index in [0.717, 1.165) is 24.3 Å². The minimum Gasteiger partial charge on any atom is -0.492 e. The molecule has 2 N–H and O–H groups in total. The first-order chi connectivity index (χ1) is 16.8. The van der Waals surface area contributed by atoms with E-state index in [4.69, 9.17) is 14.2 Å². The van der Waals surface area contributed by atoms with Crippen molar-refractivity contribution in [2.45, 2.75) is 40.7 Å². The van der Waals surface area contributed by atoms with Crippen LogP contribution in [0.4, 0.5) is 11.4 Å². The Balaban J connectivity index is 1.87. The highest BCUT2D eigenvalue weighted by Gasteiger charge is 2.27. The molecular weight excluding hydrogens is 446 g/mol. The minimum atomic E-state index is -0.731. The van der Waals surface area contributed by atoms with E-state index < -0.39 is 6.04 Å². The summed E-state index contributed by atoms with van der Waals surface area (Å²) in [5, 5.41) is 5.88. The summed E-state index contributed by atoms with van der Waals surface area (Å²) in [4.78, 5) is 28.5. The Morgan fingerprint density at radius 1 is 1.03 bits per heavy atom. The number of rotatable bonds is 10. The number of morpholine rings is 1. The SMILES string of the molecule is CCOc1cc(N2CCOCC2)c(OCC)cc1NC(=O)C(NC(=O)c1ccccc1C)C(C)C. The van der Waals surface area contributed by atoms with Gasteiger partial charge in [-0.3, -0.25) is 9.59 Å². The van der Waals surface area contributed by atoms with Crippen LogP contribution in [0.25, 0.3) is 0 Å². The summed E-state index contributed by atoms with van der Waals surface area (Å²) in [5.74, 6) is 0.498. The summed E-state index contributed by atoms with van der Waals surface area (Å²) in [5.41, 5.74) is 2.82. The van der Waals surface area contributed by atoms with E-state index >= 15 is 0 Å². The smallest absolute Gasteiger partial charge is 0.252 e. The Hall–Kier alpha value is -3.26. The van der Waals surface area contributed by atoms with Gasteiger partial charge in [0.1, 0.15) is 17.5 Å². The van der Waals surface area contributed by atoms with Gasteiger partial charge >= 0.3 is 0 Å². The molecule has 2 aromatic carbocycles. The second kappa shape index (κ2) is 12.4. The Morgan fingerprint density at radius 2 is 1.69 bits per heavy atom. The zero-order chi connectivity index (χ0) is 25.4. The lowest BCUT2D eigenvalue weighted by Gasteiger charge is -2.31. The maximum atomic E-state index is 13.4. The van der Waals surface area contributed by atoms with Gasteiger partial charge in [0.2, 0.25) is 5.91 Å². The molecule has 8 heteroatoms. The van der Waals surface area contributed by atoms with E-state index in [1.807, 2.05) is 58.9 Å². The van der Waals surface area contributed by atoms with Crippen molar-refractivity contribution >= 4 is 23.2 Å². The molecule has 1 saturated heterocycles. The van der Waals surface area contributed by atoms with Gasteiger partial charge in [-0.1, -0.05) is 32.0 Å². The fraction of sp³-hybridized carbons (Fsp3) is 0.481. The van der Waals surface area contributed by atoms with Crippen molar-refractivity contribution in [2.24, 2.45) is 5.92 Å². The normalized spacial score (nSPS) is 14.4. The molecule has 190 valence electrons. The van der Waals surface area contributed by atoms with E-state index in [-0.39, 0.29) is 17.7 Å². The molecule has 0 aliphatic carbocycles. The molecule has 1 fully saturated rings. The number of nitrogens with zero attached hydrogens (tertiary/aromatic N) is 1. The van der Waals surface area contributed by atoms with Crippen LogP contribution in [0.2, 0.25) is 0 Å². The summed E-state index contributed by atoms with van der Waals surface area (Å²) in [6.07, 6.45) is 0. The van der Waals surface area contributed by atoms with Gasteiger partial charge in [0.05, 0.1) is 37.8 Å². The second-order valence-corrected chi connectivity index (χ2v) is 8.78. The predicted molar refractivity (Wildman–Crippen MR) is 138 cm³/mol. The Kier molecular flexibility index (Phi) is 9.37. The number of benzene rings is 2. The van der Waals surface area contributed by atoms with Crippen LogP contribution >= 0.6 is 0 Å². The molecule has 8 nitrogen and oxygen atoms in total. The number of anilines is 2. The number of carbonyl (C=O) groups excluding carboxylic acids is 2. The number of ether oxygens (including phenoxy) is 3. The molecule has 35 heavy (non-hydrogen) atoms. The van der Waals surface area contributed by atoms with Crippen LogP contribution < -0.4 is 25.0 Å². The summed E-state index contributed by atoms with van der Waals surface area (Å²) in [6, 6.07) is 10.3. The van der Waals surface area contributed by atoms with Gasteiger partial charge in [0.25, 0.3) is 5.91 Å². The molecule has 3 rings (SSSR count). The molecule has 1 atom stereocenters. The lowest BCUT2D eigenvalue weighted by atomic mass is 10.0. The van der Waals surface area contributed by atoms with E-state index in [1.165, 1.54) is 0 Å². The first kappa shape index (κ1) is 26.3. The van der Waals surface area contributed by atoms with Crippen LogP contribution in [0.1, 0.15) is 43.6 Å². The summed E-state index contributed by atoms with van der Waals surface area (Å²) in [6.45, 7) is 13.2. The van der Waals surface area contributed by atoms with Crippen LogP contribution in [0.3, 0.4) is 0 Å². The predicted octanol–water partition coefficient (Wildman–Crippen LogP) is 4.02. The number of amides is 2. The molecule has 1 aliphatic rings. The van der Waals surface area contributed by atoms with Gasteiger partial charge in [-0.2, -0.15) is 0 Å². The minimum absolute atomic E-state index is 0.127. The van der Waals surface area contributed by atoms with Crippen molar-refractivity contribution in [3.63, 3.8) is 0 Å². The topological polar surface area (TPSA) is 89.1 Å². The molecule has 0 bridgehead atoms. The van der Waals surface area contributed by atoms with Crippen molar-refractivity contribution in [1.29, 1.82) is 0 Å². The highest BCUT2D eigenvalue weighted by Crippen LogP contribution is 2.39. The highest BCUT2D eigenvalue weighted by atomic mass is 16.5. The first-order valence-corrected chi connectivity index (χ1v) is 12.3. The quantitative estimate of drug-likeness (QED) is 0.531. The second-order valence-electron chi connectivity index (χ2n) is 8.78. The van der Waals surface area contributed by atoms with Crippen molar-refractivity contribution in [3.05, 3.63) is 47.5 Å². The number of hydrogen-bond donors (Lipinski definition) is 2. The number of carbonyl (C=O) groups is 2. The zero-order valence-corrected chi connectivity index (χ0v) is 21.3. The molecule has 1 unspecified atom stereocenters. The van der Waals surface area contributed by atoms with Gasteiger partial charge < -0.3 is 29.7 Å². The standard InChI is InChI=1S/C27H37N3O5/c1-6-34-23-17-22(30-12-14-33-15-13-30)24(35-7-2)16-21(23)28-27(32)25(18(3)4)29-26(31)20-11-9-8-10-19(20)5/h8-11,16-18,25H,6-7,12-15H2,1-5H3,(H,28,32)(H,29,31). The number of hydrogen-bond acceptors (Lipinski definition) is 6. The van der Waals surface area contributed by atoms with Gasteiger partial charge in [0.15, 0.2) is 0 Å². The van der Waals surface area contributed by atoms with Crippen molar-refractivity contribution in [1.82, 2.24) is 5.32 Å². The van der Waals surface area contributed by atoms with E-state index in [0.29, 0.717) is 49.2 Å². The average Bonchev–Trinajstić information content (AvgIpc) is 2.84. The van der Waals surface area contributed by atoms with Crippen molar-refractivity contribution in [2.75, 3.05) is 49.7 Å². The van der Waals surface area contributed by atoms with E-state index in [1.54, 1.807) is 12.1 Å². The van der Waals surface area contributed by atoms with E-state index in [9.17, 15) is 9.59 Å². The lowest BCUT2D eigenvalue weighted by molar-refractivity contribution is -0.118. The van der Waals surface area contributed by atoms with Crippen LogP contribution in [0.5, 0.6) is 11.5 Å². The first-order valence-electron chi connectivity index (χ1n) is 12.3. The monoisotopic (exact) mass is 483 g/mol. The van der Waals surface area contributed by atoms with E-state index in [2.05, 4.69) is 15.5 Å². The molecule has 0 spiro atoms. The summed E-state index contributed by atoms with van der Waals surface area (Å²) >= 11 is 0. The molecule has 0 aromatic heterocycles. The van der Waals surface area contributed by atoms with Gasteiger partial charge in [-0.25, -0.2) is 0 Å². The maximum absolute atomic E-state index is 13.4. The fourth-order valence-electron chi connectivity index (χ4n) is 4.04. The largest absolute Gasteiger partial charge is 0.492 e. The number of nitrogens with one attached hydrogen (secondary N) is 2. The van der Waals surface area contributed by atoms with Crippen LogP contribution in [0.15, 0.2) is 36.4 Å². The molecule has 0 saturated carbocycles.